The maximum Gasteiger partial charge on any atom is 0.514 e. The van der Waals surface area contributed by atoms with Gasteiger partial charge in [-0.25, -0.2) is 9.59 Å². The highest BCUT2D eigenvalue weighted by molar-refractivity contribution is 5.86. The van der Waals surface area contributed by atoms with E-state index in [-0.39, 0.29) is 13.2 Å². The minimum absolute atomic E-state index is 0.106. The third kappa shape index (κ3) is 5.98. The Morgan fingerprint density at radius 3 is 1.50 bits per heavy atom. The molecular weight excluding hydrogens is 336 g/mol. The van der Waals surface area contributed by atoms with Crippen molar-refractivity contribution in [3.63, 3.8) is 0 Å². The number of hydrogen-bond acceptors (Lipinski definition) is 6. The molecule has 0 aliphatic heterocycles. The first-order valence-electron chi connectivity index (χ1n) is 7.85. The van der Waals surface area contributed by atoms with Crippen molar-refractivity contribution < 1.29 is 28.5 Å². The minimum Gasteiger partial charge on any atom is -0.429 e. The molecule has 0 fully saturated rings. The molecule has 26 heavy (non-hydrogen) atoms. The summed E-state index contributed by atoms with van der Waals surface area (Å²) in [7, 11) is 0. The van der Waals surface area contributed by atoms with E-state index in [1.165, 1.54) is 0 Å². The summed E-state index contributed by atoms with van der Waals surface area (Å²) in [6.45, 7) is 11.0. The zero-order chi connectivity index (χ0) is 19.1. The third-order valence-electron chi connectivity index (χ3n) is 3.06. The molecule has 6 heteroatoms. The average molecular weight is 356 g/mol. The topological polar surface area (TPSA) is 71.1 Å². The van der Waals surface area contributed by atoms with E-state index in [2.05, 4.69) is 13.2 Å². The Morgan fingerprint density at radius 2 is 1.15 bits per heavy atom. The van der Waals surface area contributed by atoms with Crippen molar-refractivity contribution in [1.82, 2.24) is 0 Å². The monoisotopic (exact) mass is 356 g/mol. The molecular formula is C20H20O6. The molecule has 0 N–H and O–H groups in total. The van der Waals surface area contributed by atoms with Gasteiger partial charge in [0.2, 0.25) is 0 Å². The lowest BCUT2D eigenvalue weighted by Gasteiger charge is -2.08. The molecule has 0 amide bonds. The van der Waals surface area contributed by atoms with Gasteiger partial charge < -0.3 is 18.9 Å². The maximum absolute atomic E-state index is 11.6. The lowest BCUT2D eigenvalue weighted by molar-refractivity contribution is 0.106. The summed E-state index contributed by atoms with van der Waals surface area (Å²) in [4.78, 5) is 23.1. The van der Waals surface area contributed by atoms with Crippen molar-refractivity contribution in [2.24, 2.45) is 0 Å². The molecule has 6 nitrogen and oxygen atoms in total. The Bertz CT molecular complexity index is 781. The molecule has 0 saturated carbocycles. The molecule has 0 bridgehead atoms. The molecule has 2 aromatic rings. The first-order chi connectivity index (χ1) is 12.3. The summed E-state index contributed by atoms with van der Waals surface area (Å²) < 4.78 is 20.0. The fraction of sp³-hybridized carbons (Fsp3) is 0.200. The van der Waals surface area contributed by atoms with Gasteiger partial charge in [-0.15, -0.1) is 0 Å². The van der Waals surface area contributed by atoms with E-state index in [1.54, 1.807) is 50.2 Å². The quantitative estimate of drug-likeness (QED) is 0.411. The first-order valence-corrected chi connectivity index (χ1v) is 7.85. The highest BCUT2D eigenvalue weighted by atomic mass is 16.7. The van der Waals surface area contributed by atoms with Crippen molar-refractivity contribution in [1.29, 1.82) is 0 Å². The Morgan fingerprint density at radius 1 is 0.769 bits per heavy atom. The van der Waals surface area contributed by atoms with Gasteiger partial charge in [0.1, 0.15) is 24.7 Å². The molecule has 2 rings (SSSR count). The third-order valence-corrected chi connectivity index (χ3v) is 3.06. The second kappa shape index (κ2) is 8.71. The van der Waals surface area contributed by atoms with Crippen LogP contribution in [0.5, 0.6) is 11.5 Å². The van der Waals surface area contributed by atoms with Crippen molar-refractivity contribution in [3.8, 4) is 11.5 Å². The van der Waals surface area contributed by atoms with Crippen molar-refractivity contribution in [2.45, 2.75) is 13.8 Å². The summed E-state index contributed by atoms with van der Waals surface area (Å²) in [6, 6.07) is 10.1. The summed E-state index contributed by atoms with van der Waals surface area (Å²) >= 11 is 0. The van der Waals surface area contributed by atoms with Crippen LogP contribution in [0.1, 0.15) is 13.8 Å². The van der Waals surface area contributed by atoms with Crippen molar-refractivity contribution >= 4 is 23.1 Å². The molecule has 0 heterocycles. The van der Waals surface area contributed by atoms with E-state index >= 15 is 0 Å². The molecule has 136 valence electrons. The van der Waals surface area contributed by atoms with E-state index in [1.807, 2.05) is 0 Å². The Balaban J connectivity index is 2.02. The highest BCUT2D eigenvalue weighted by Gasteiger charge is 2.09. The van der Waals surface area contributed by atoms with Gasteiger partial charge in [0, 0.05) is 0 Å². The minimum atomic E-state index is -0.799. The predicted molar refractivity (Wildman–Crippen MR) is 97.5 cm³/mol. The predicted octanol–water partition coefficient (Wildman–Crippen LogP) is 5.02. The fourth-order valence-electron chi connectivity index (χ4n) is 1.94. The number of rotatable bonds is 6. The number of benzene rings is 2. The zero-order valence-electron chi connectivity index (χ0n) is 14.7. The van der Waals surface area contributed by atoms with Gasteiger partial charge in [-0.3, -0.25) is 0 Å². The maximum atomic E-state index is 11.6. The lowest BCUT2D eigenvalue weighted by Crippen LogP contribution is -2.12. The normalized spacial score (nSPS) is 10.1. The number of fused-ring (bicyclic) bond motifs is 1. The molecule has 2 aromatic carbocycles. The highest BCUT2D eigenvalue weighted by Crippen LogP contribution is 2.25. The van der Waals surface area contributed by atoms with Crippen LogP contribution in [0.15, 0.2) is 60.7 Å². The van der Waals surface area contributed by atoms with Gasteiger partial charge >= 0.3 is 12.3 Å². The van der Waals surface area contributed by atoms with E-state index < -0.39 is 12.3 Å². The van der Waals surface area contributed by atoms with Crippen LogP contribution in [0.25, 0.3) is 10.8 Å². The van der Waals surface area contributed by atoms with Crippen LogP contribution < -0.4 is 9.47 Å². The van der Waals surface area contributed by atoms with Crippen LogP contribution >= 0.6 is 0 Å². The summed E-state index contributed by atoms with van der Waals surface area (Å²) in [5.74, 6) is 0.692. The van der Waals surface area contributed by atoms with Crippen molar-refractivity contribution in [3.05, 3.63) is 60.7 Å². The largest absolute Gasteiger partial charge is 0.514 e. The molecule has 0 atom stereocenters. The first kappa shape index (κ1) is 19.1. The number of ether oxygens (including phenoxy) is 4. The number of carbonyl (C=O) groups is 2. The molecule has 0 unspecified atom stereocenters. The molecule has 0 aliphatic rings. The second-order valence-corrected chi connectivity index (χ2v) is 5.87. The Labute approximate surface area is 151 Å². The SMILES string of the molecule is C=C(C)COC(=O)Oc1ccc2cc(OC(=O)OCC(=C)C)ccc2c1. The number of hydrogen-bond donors (Lipinski definition) is 0. The molecule has 0 aromatic heterocycles. The van der Waals surface area contributed by atoms with Gasteiger partial charge in [0.25, 0.3) is 0 Å². The average Bonchev–Trinajstić information content (AvgIpc) is 2.58. The van der Waals surface area contributed by atoms with Crippen LogP contribution in [0.4, 0.5) is 9.59 Å². The van der Waals surface area contributed by atoms with Crippen molar-refractivity contribution in [2.75, 3.05) is 13.2 Å². The van der Waals surface area contributed by atoms with Crippen LogP contribution in [0, 0.1) is 0 Å². The van der Waals surface area contributed by atoms with Gasteiger partial charge in [0.15, 0.2) is 0 Å². The molecule has 0 aliphatic carbocycles. The molecule has 0 saturated heterocycles. The van der Waals surface area contributed by atoms with Crippen LogP contribution in [0.2, 0.25) is 0 Å². The Kier molecular flexibility index (Phi) is 6.38. The van der Waals surface area contributed by atoms with Gasteiger partial charge in [-0.1, -0.05) is 25.3 Å². The standard InChI is InChI=1S/C20H20O6/c1-13(2)11-23-19(21)25-17-7-5-16-10-18(8-6-15(16)9-17)26-20(22)24-12-14(3)4/h5-10H,1,3,11-12H2,2,4H3. The van der Waals surface area contributed by atoms with Gasteiger partial charge in [-0.2, -0.15) is 0 Å². The summed E-state index contributed by atoms with van der Waals surface area (Å²) in [5.41, 5.74) is 1.43. The summed E-state index contributed by atoms with van der Waals surface area (Å²) in [6.07, 6.45) is -1.60. The van der Waals surface area contributed by atoms with E-state index in [0.717, 1.165) is 21.9 Å². The molecule has 0 radical (unpaired) electrons. The Hall–Kier alpha value is -3.28. The zero-order valence-corrected chi connectivity index (χ0v) is 14.7. The number of carbonyl (C=O) groups excluding carboxylic acids is 2. The van der Waals surface area contributed by atoms with Gasteiger partial charge in [-0.05, 0) is 60.0 Å². The van der Waals surface area contributed by atoms with E-state index in [0.29, 0.717) is 11.5 Å². The lowest BCUT2D eigenvalue weighted by atomic mass is 10.1. The van der Waals surface area contributed by atoms with E-state index in [4.69, 9.17) is 18.9 Å². The molecule has 0 spiro atoms. The van der Waals surface area contributed by atoms with Crippen LogP contribution in [0.3, 0.4) is 0 Å². The van der Waals surface area contributed by atoms with E-state index in [9.17, 15) is 9.59 Å². The smallest absolute Gasteiger partial charge is 0.429 e. The fourth-order valence-corrected chi connectivity index (χ4v) is 1.94. The van der Waals surface area contributed by atoms with Crippen LogP contribution in [-0.4, -0.2) is 25.5 Å². The van der Waals surface area contributed by atoms with Crippen LogP contribution in [-0.2, 0) is 9.47 Å². The summed E-state index contributed by atoms with van der Waals surface area (Å²) in [5, 5.41) is 1.61. The van der Waals surface area contributed by atoms with Gasteiger partial charge in [0.05, 0.1) is 0 Å². The second-order valence-electron chi connectivity index (χ2n) is 5.87.